The Morgan fingerprint density at radius 1 is 1.29 bits per heavy atom. The normalized spacial score (nSPS) is 18.6. The van der Waals surface area contributed by atoms with Gasteiger partial charge in [-0.25, -0.2) is 4.63 Å². The fourth-order valence-corrected chi connectivity index (χ4v) is 2.68. The zero-order valence-corrected chi connectivity index (χ0v) is 13.3. The van der Waals surface area contributed by atoms with E-state index in [4.69, 9.17) is 0 Å². The van der Waals surface area contributed by atoms with Crippen molar-refractivity contribution in [1.29, 1.82) is 0 Å². The van der Waals surface area contributed by atoms with Gasteiger partial charge in [0.2, 0.25) is 5.91 Å². The van der Waals surface area contributed by atoms with Crippen LogP contribution in [0.2, 0.25) is 0 Å². The van der Waals surface area contributed by atoms with Crippen molar-refractivity contribution in [2.45, 2.75) is 19.6 Å². The lowest BCUT2D eigenvalue weighted by Crippen LogP contribution is -2.39. The number of nitrogens with zero attached hydrogens (tertiary/aromatic N) is 4. The Balaban J connectivity index is 1.74. The third-order valence-corrected chi connectivity index (χ3v) is 3.90. The minimum atomic E-state index is -0.829. The number of amides is 2. The Hall–Kier alpha value is -2.74. The van der Waals surface area contributed by atoms with Crippen LogP contribution in [0.15, 0.2) is 35.0 Å². The zero-order chi connectivity index (χ0) is 17.1. The summed E-state index contributed by atoms with van der Waals surface area (Å²) in [6.45, 7) is 2.11. The SMILES string of the molecule is Cc1nonc1C(=O)N1CC(=O)N(Cc2ccccc2)CC(O)C1. The van der Waals surface area contributed by atoms with E-state index in [0.29, 0.717) is 12.2 Å². The van der Waals surface area contributed by atoms with Crippen LogP contribution in [0.25, 0.3) is 0 Å². The Kier molecular flexibility index (Phi) is 4.57. The molecule has 1 aromatic carbocycles. The molecule has 2 heterocycles. The quantitative estimate of drug-likeness (QED) is 0.864. The molecule has 24 heavy (non-hydrogen) atoms. The first-order valence-electron chi connectivity index (χ1n) is 7.63. The summed E-state index contributed by atoms with van der Waals surface area (Å²) in [5.74, 6) is -0.694. The highest BCUT2D eigenvalue weighted by Crippen LogP contribution is 2.13. The van der Waals surface area contributed by atoms with Gasteiger partial charge < -0.3 is 14.9 Å². The molecule has 0 saturated carbocycles. The van der Waals surface area contributed by atoms with Crippen molar-refractivity contribution in [2.75, 3.05) is 19.6 Å². The van der Waals surface area contributed by atoms with Crippen molar-refractivity contribution in [3.63, 3.8) is 0 Å². The molecule has 0 aliphatic carbocycles. The summed E-state index contributed by atoms with van der Waals surface area (Å²) in [6, 6.07) is 9.52. The van der Waals surface area contributed by atoms with Gasteiger partial charge in [0.25, 0.3) is 5.91 Å². The maximum absolute atomic E-state index is 12.5. The standard InChI is InChI=1S/C16H18N4O4/c1-11-15(18-24-17-11)16(23)20-9-13(21)8-19(14(22)10-20)7-12-5-3-2-4-6-12/h2-6,13,21H,7-10H2,1H3. The molecular formula is C16H18N4O4. The van der Waals surface area contributed by atoms with E-state index in [1.165, 1.54) is 4.90 Å². The van der Waals surface area contributed by atoms with Gasteiger partial charge in [-0.3, -0.25) is 9.59 Å². The number of aliphatic hydroxyl groups is 1. The van der Waals surface area contributed by atoms with Gasteiger partial charge >= 0.3 is 0 Å². The van der Waals surface area contributed by atoms with Crippen LogP contribution in [-0.4, -0.2) is 62.8 Å². The molecule has 0 radical (unpaired) electrons. The molecule has 126 valence electrons. The van der Waals surface area contributed by atoms with Crippen LogP contribution < -0.4 is 0 Å². The van der Waals surface area contributed by atoms with E-state index in [2.05, 4.69) is 14.9 Å². The van der Waals surface area contributed by atoms with E-state index in [1.807, 2.05) is 30.3 Å². The van der Waals surface area contributed by atoms with Crippen LogP contribution in [0.3, 0.4) is 0 Å². The largest absolute Gasteiger partial charge is 0.389 e. The topological polar surface area (TPSA) is 99.8 Å². The van der Waals surface area contributed by atoms with E-state index < -0.39 is 12.0 Å². The molecule has 1 fully saturated rings. The Labute approximate surface area is 138 Å². The van der Waals surface area contributed by atoms with E-state index in [1.54, 1.807) is 11.8 Å². The lowest BCUT2D eigenvalue weighted by molar-refractivity contribution is -0.131. The molecule has 0 spiro atoms. The van der Waals surface area contributed by atoms with Crippen molar-refractivity contribution in [3.05, 3.63) is 47.3 Å². The van der Waals surface area contributed by atoms with Gasteiger partial charge in [-0.15, -0.1) is 0 Å². The molecule has 8 nitrogen and oxygen atoms in total. The summed E-state index contributed by atoms with van der Waals surface area (Å²) in [4.78, 5) is 27.8. The number of hydrogen-bond donors (Lipinski definition) is 1. The van der Waals surface area contributed by atoms with E-state index in [0.717, 1.165) is 5.56 Å². The van der Waals surface area contributed by atoms with Gasteiger partial charge in [-0.1, -0.05) is 35.5 Å². The third-order valence-electron chi connectivity index (χ3n) is 3.90. The van der Waals surface area contributed by atoms with Crippen molar-refractivity contribution < 1.29 is 19.3 Å². The highest BCUT2D eigenvalue weighted by atomic mass is 16.6. The molecule has 2 aromatic rings. The predicted octanol–water partition coefficient (Wildman–Crippen LogP) is 0.224. The van der Waals surface area contributed by atoms with Crippen LogP contribution in [0.4, 0.5) is 0 Å². The first kappa shape index (κ1) is 16.1. The summed E-state index contributed by atoms with van der Waals surface area (Å²) in [5.41, 5.74) is 1.38. The number of β-amino-alcohol motifs (C(OH)–C–C–N with tert-alkyl or cyclic N) is 1. The molecule has 1 aromatic heterocycles. The highest BCUT2D eigenvalue weighted by Gasteiger charge is 2.31. The molecule has 1 N–H and O–H groups in total. The van der Waals surface area contributed by atoms with Gasteiger partial charge in [-0.2, -0.15) is 0 Å². The van der Waals surface area contributed by atoms with E-state index >= 15 is 0 Å². The van der Waals surface area contributed by atoms with Crippen LogP contribution in [0, 0.1) is 6.92 Å². The second kappa shape index (κ2) is 6.79. The molecule has 2 amide bonds. The first-order valence-corrected chi connectivity index (χ1v) is 7.63. The second-order valence-electron chi connectivity index (χ2n) is 5.80. The molecular weight excluding hydrogens is 312 g/mol. The molecule has 1 atom stereocenters. The summed E-state index contributed by atoms with van der Waals surface area (Å²) in [7, 11) is 0. The number of rotatable bonds is 3. The van der Waals surface area contributed by atoms with Gasteiger partial charge in [0.15, 0.2) is 5.69 Å². The summed E-state index contributed by atoms with van der Waals surface area (Å²) < 4.78 is 4.54. The summed E-state index contributed by atoms with van der Waals surface area (Å²) in [6.07, 6.45) is -0.829. The van der Waals surface area contributed by atoms with Crippen molar-refractivity contribution in [2.24, 2.45) is 0 Å². The minimum Gasteiger partial charge on any atom is -0.389 e. The molecule has 3 rings (SSSR count). The van der Waals surface area contributed by atoms with Gasteiger partial charge in [-0.05, 0) is 17.6 Å². The monoisotopic (exact) mass is 330 g/mol. The average molecular weight is 330 g/mol. The molecule has 1 unspecified atom stereocenters. The minimum absolute atomic E-state index is 0.0577. The summed E-state index contributed by atoms with van der Waals surface area (Å²) >= 11 is 0. The Bertz CT molecular complexity index is 731. The van der Waals surface area contributed by atoms with Gasteiger partial charge in [0.05, 0.1) is 6.10 Å². The maximum atomic E-state index is 12.5. The van der Waals surface area contributed by atoms with E-state index in [-0.39, 0.29) is 31.2 Å². The third kappa shape index (κ3) is 3.43. The van der Waals surface area contributed by atoms with Crippen LogP contribution in [0.5, 0.6) is 0 Å². The van der Waals surface area contributed by atoms with E-state index in [9.17, 15) is 14.7 Å². The number of aliphatic hydroxyl groups excluding tert-OH is 1. The molecule has 8 heteroatoms. The number of aromatic nitrogens is 2. The smallest absolute Gasteiger partial charge is 0.278 e. The number of benzene rings is 1. The van der Waals surface area contributed by atoms with Gasteiger partial charge in [0, 0.05) is 19.6 Å². The van der Waals surface area contributed by atoms with Crippen LogP contribution >= 0.6 is 0 Å². The van der Waals surface area contributed by atoms with Crippen LogP contribution in [-0.2, 0) is 11.3 Å². The highest BCUT2D eigenvalue weighted by molar-refractivity contribution is 5.95. The van der Waals surface area contributed by atoms with Crippen molar-refractivity contribution in [3.8, 4) is 0 Å². The summed E-state index contributed by atoms with van der Waals surface area (Å²) in [5, 5.41) is 17.3. The van der Waals surface area contributed by atoms with Crippen LogP contribution in [0.1, 0.15) is 21.7 Å². The average Bonchev–Trinajstić information content (AvgIpc) is 2.93. The fourth-order valence-electron chi connectivity index (χ4n) is 2.68. The molecule has 1 aliphatic heterocycles. The molecule has 1 aliphatic rings. The van der Waals surface area contributed by atoms with Crippen molar-refractivity contribution >= 4 is 11.8 Å². The first-order chi connectivity index (χ1) is 11.5. The number of hydrogen-bond acceptors (Lipinski definition) is 6. The Morgan fingerprint density at radius 3 is 2.71 bits per heavy atom. The maximum Gasteiger partial charge on any atom is 0.278 e. The number of carbonyl (C=O) groups is 2. The van der Waals surface area contributed by atoms with Crippen molar-refractivity contribution in [1.82, 2.24) is 20.1 Å². The number of carbonyl (C=O) groups excluding carboxylic acids is 2. The van der Waals surface area contributed by atoms with Gasteiger partial charge in [0.1, 0.15) is 12.2 Å². The molecule has 0 bridgehead atoms. The zero-order valence-electron chi connectivity index (χ0n) is 13.3. The lowest BCUT2D eigenvalue weighted by Gasteiger charge is -2.21. The lowest BCUT2D eigenvalue weighted by atomic mass is 10.2. The predicted molar refractivity (Wildman–Crippen MR) is 82.8 cm³/mol. The number of aryl methyl sites for hydroxylation is 1. The second-order valence-corrected chi connectivity index (χ2v) is 5.80. The Morgan fingerprint density at radius 2 is 2.04 bits per heavy atom. The fraction of sp³-hybridized carbons (Fsp3) is 0.375. The molecule has 1 saturated heterocycles.